The van der Waals surface area contributed by atoms with Gasteiger partial charge in [0.05, 0.1) is 23.6 Å². The second-order valence-electron chi connectivity index (χ2n) is 6.38. The van der Waals surface area contributed by atoms with Crippen LogP contribution in [0.3, 0.4) is 0 Å². The fraction of sp³-hybridized carbons (Fsp3) is 0.316. The third-order valence-electron chi connectivity index (χ3n) is 4.36. The van der Waals surface area contributed by atoms with E-state index in [1.54, 1.807) is 18.3 Å². The fourth-order valence-electron chi connectivity index (χ4n) is 2.94. The van der Waals surface area contributed by atoms with Crippen LogP contribution in [0, 0.1) is 5.92 Å². The molecular weight excluding hydrogens is 384 g/mol. The molecule has 1 aromatic carbocycles. The van der Waals surface area contributed by atoms with E-state index in [0.29, 0.717) is 23.0 Å². The molecule has 0 aliphatic carbocycles. The maximum Gasteiger partial charge on any atom is 0.234 e. The van der Waals surface area contributed by atoms with Crippen LogP contribution in [0.15, 0.2) is 47.5 Å². The van der Waals surface area contributed by atoms with E-state index in [1.807, 2.05) is 24.3 Å². The Bertz CT molecular complexity index is 798. The second kappa shape index (κ2) is 9.10. The summed E-state index contributed by atoms with van der Waals surface area (Å²) in [6.07, 6.45) is 3.37. The Morgan fingerprint density at radius 1 is 1.26 bits per heavy atom. The van der Waals surface area contributed by atoms with Gasteiger partial charge in [0.1, 0.15) is 5.82 Å². The Kier molecular flexibility index (Phi) is 6.58. The molecular formula is C19H21ClN4O2S. The topological polar surface area (TPSA) is 88.3 Å². The van der Waals surface area contributed by atoms with Gasteiger partial charge in [0.25, 0.3) is 0 Å². The average molecular weight is 405 g/mol. The van der Waals surface area contributed by atoms with E-state index >= 15 is 0 Å². The maximum absolute atomic E-state index is 12.1. The third kappa shape index (κ3) is 5.61. The van der Waals surface area contributed by atoms with Gasteiger partial charge in [-0.25, -0.2) is 4.98 Å². The Hall–Kier alpha value is -2.25. The molecule has 27 heavy (non-hydrogen) atoms. The molecule has 1 aliphatic rings. The van der Waals surface area contributed by atoms with Gasteiger partial charge in [-0.3, -0.25) is 9.59 Å². The number of anilines is 2. The monoisotopic (exact) mass is 404 g/mol. The van der Waals surface area contributed by atoms with Crippen molar-refractivity contribution in [2.45, 2.75) is 17.7 Å². The molecule has 3 N–H and O–H groups in total. The summed E-state index contributed by atoms with van der Waals surface area (Å²) in [5, 5.41) is 3.51. The van der Waals surface area contributed by atoms with E-state index in [-0.39, 0.29) is 17.7 Å². The van der Waals surface area contributed by atoms with Crippen LogP contribution < -0.4 is 16.0 Å². The molecule has 0 radical (unpaired) electrons. The number of nitrogens with one attached hydrogen (secondary N) is 1. The maximum atomic E-state index is 12.1. The first-order valence-electron chi connectivity index (χ1n) is 8.70. The van der Waals surface area contributed by atoms with Crippen molar-refractivity contribution in [3.8, 4) is 0 Å². The Labute approximate surface area is 167 Å². The van der Waals surface area contributed by atoms with Crippen molar-refractivity contribution >= 4 is 46.7 Å². The van der Waals surface area contributed by atoms with Gasteiger partial charge in [-0.2, -0.15) is 0 Å². The number of thioether (sulfide) groups is 1. The highest BCUT2D eigenvalue weighted by Crippen LogP contribution is 2.23. The summed E-state index contributed by atoms with van der Waals surface area (Å²) in [6.45, 7) is 1.44. The molecule has 1 atom stereocenters. The molecule has 1 fully saturated rings. The minimum atomic E-state index is -0.262. The lowest BCUT2D eigenvalue weighted by molar-refractivity contribution is -0.122. The first-order chi connectivity index (χ1) is 13.0. The number of pyridine rings is 1. The predicted molar refractivity (Wildman–Crippen MR) is 109 cm³/mol. The van der Waals surface area contributed by atoms with Gasteiger partial charge < -0.3 is 16.0 Å². The number of carbonyl (C=O) groups excluding carboxylic acids is 2. The molecule has 3 rings (SSSR count). The molecule has 2 heterocycles. The second-order valence-corrected chi connectivity index (χ2v) is 7.87. The number of hydrogen-bond acceptors (Lipinski definition) is 5. The summed E-state index contributed by atoms with van der Waals surface area (Å²) in [7, 11) is 0. The summed E-state index contributed by atoms with van der Waals surface area (Å²) in [4.78, 5) is 31.0. The first-order valence-corrected chi connectivity index (χ1v) is 10.1. The van der Waals surface area contributed by atoms with E-state index in [1.165, 1.54) is 11.8 Å². The van der Waals surface area contributed by atoms with Gasteiger partial charge in [0.15, 0.2) is 0 Å². The Morgan fingerprint density at radius 2 is 2.04 bits per heavy atom. The van der Waals surface area contributed by atoms with Crippen LogP contribution in [-0.4, -0.2) is 35.6 Å². The van der Waals surface area contributed by atoms with Crippen molar-refractivity contribution in [3.63, 3.8) is 0 Å². The van der Waals surface area contributed by atoms with Crippen molar-refractivity contribution in [2.75, 3.05) is 29.1 Å². The normalized spacial score (nSPS) is 16.8. The van der Waals surface area contributed by atoms with E-state index in [0.717, 1.165) is 30.1 Å². The van der Waals surface area contributed by atoms with Gasteiger partial charge in [-0.1, -0.05) is 11.6 Å². The molecule has 1 saturated heterocycles. The quantitative estimate of drug-likeness (QED) is 0.722. The summed E-state index contributed by atoms with van der Waals surface area (Å²) in [5.74, 6) is 0.591. The van der Waals surface area contributed by atoms with Crippen LogP contribution in [0.25, 0.3) is 0 Å². The van der Waals surface area contributed by atoms with Crippen LogP contribution >= 0.6 is 23.4 Å². The number of hydrogen-bond donors (Lipinski definition) is 2. The summed E-state index contributed by atoms with van der Waals surface area (Å²) < 4.78 is 0. The van der Waals surface area contributed by atoms with Crippen molar-refractivity contribution in [1.82, 2.24) is 4.98 Å². The molecule has 1 aliphatic heterocycles. The predicted octanol–water partition coefficient (Wildman–Crippen LogP) is 3.17. The molecule has 6 nitrogen and oxygen atoms in total. The Morgan fingerprint density at radius 3 is 2.70 bits per heavy atom. The van der Waals surface area contributed by atoms with Crippen molar-refractivity contribution in [2.24, 2.45) is 11.7 Å². The Balaban J connectivity index is 1.51. The first kappa shape index (κ1) is 19.5. The molecule has 142 valence electrons. The van der Waals surface area contributed by atoms with Gasteiger partial charge in [0.2, 0.25) is 11.8 Å². The zero-order valence-corrected chi connectivity index (χ0v) is 16.3. The molecule has 2 aromatic rings. The van der Waals surface area contributed by atoms with Crippen LogP contribution in [0.5, 0.6) is 0 Å². The minimum absolute atomic E-state index is 0.101. The summed E-state index contributed by atoms with van der Waals surface area (Å²) in [6, 6.07) is 11.0. The van der Waals surface area contributed by atoms with Crippen LogP contribution in [0.4, 0.5) is 11.5 Å². The van der Waals surface area contributed by atoms with Gasteiger partial charge in [-0.15, -0.1) is 11.8 Å². The highest BCUT2D eigenvalue weighted by atomic mass is 35.5. The van der Waals surface area contributed by atoms with E-state index < -0.39 is 0 Å². The molecule has 0 bridgehead atoms. The number of nitrogens with two attached hydrogens (primary N) is 1. The zero-order valence-electron chi connectivity index (χ0n) is 14.7. The number of amides is 2. The molecule has 0 saturated carbocycles. The van der Waals surface area contributed by atoms with Crippen LogP contribution in [-0.2, 0) is 9.59 Å². The number of carbonyl (C=O) groups is 2. The number of primary amides is 1. The fourth-order valence-corrected chi connectivity index (χ4v) is 3.77. The SMILES string of the molecule is NC(=O)C1CCCN(c2ccc(NC(=O)CSc3ccc(Cl)cc3)cn2)C1. The zero-order chi connectivity index (χ0) is 19.2. The van der Waals surface area contributed by atoms with Crippen molar-refractivity contribution < 1.29 is 9.59 Å². The van der Waals surface area contributed by atoms with Crippen LogP contribution in [0.1, 0.15) is 12.8 Å². The molecule has 0 spiro atoms. The number of rotatable bonds is 6. The number of piperidine rings is 1. The standard InChI is InChI=1S/C19H21ClN4O2S/c20-14-3-6-16(7-4-14)27-12-18(25)23-15-5-8-17(22-10-15)24-9-1-2-13(11-24)19(21)26/h3-8,10,13H,1-2,9,11-12H2,(H2,21,26)(H,23,25). The van der Waals surface area contributed by atoms with Crippen molar-refractivity contribution in [1.29, 1.82) is 0 Å². The van der Waals surface area contributed by atoms with Crippen LogP contribution in [0.2, 0.25) is 5.02 Å². The van der Waals surface area contributed by atoms with Gasteiger partial charge in [-0.05, 0) is 49.2 Å². The smallest absolute Gasteiger partial charge is 0.234 e. The van der Waals surface area contributed by atoms with E-state index in [9.17, 15) is 9.59 Å². The van der Waals surface area contributed by atoms with E-state index in [4.69, 9.17) is 17.3 Å². The largest absolute Gasteiger partial charge is 0.369 e. The highest BCUT2D eigenvalue weighted by Gasteiger charge is 2.24. The number of benzene rings is 1. The van der Waals surface area contributed by atoms with Crippen molar-refractivity contribution in [3.05, 3.63) is 47.6 Å². The summed E-state index contributed by atoms with van der Waals surface area (Å²) in [5.41, 5.74) is 6.06. The molecule has 2 amide bonds. The third-order valence-corrected chi connectivity index (χ3v) is 5.63. The average Bonchev–Trinajstić information content (AvgIpc) is 2.68. The highest BCUT2D eigenvalue weighted by molar-refractivity contribution is 8.00. The number of nitrogens with zero attached hydrogens (tertiary/aromatic N) is 2. The lowest BCUT2D eigenvalue weighted by Gasteiger charge is -2.32. The van der Waals surface area contributed by atoms with Gasteiger partial charge in [0, 0.05) is 23.0 Å². The molecule has 1 aromatic heterocycles. The lowest BCUT2D eigenvalue weighted by atomic mass is 9.97. The molecule has 8 heteroatoms. The lowest BCUT2D eigenvalue weighted by Crippen LogP contribution is -2.41. The molecule has 1 unspecified atom stereocenters. The minimum Gasteiger partial charge on any atom is -0.369 e. The number of aromatic nitrogens is 1. The van der Waals surface area contributed by atoms with E-state index in [2.05, 4.69) is 15.2 Å². The number of halogens is 1. The van der Waals surface area contributed by atoms with Gasteiger partial charge >= 0.3 is 0 Å². The summed E-state index contributed by atoms with van der Waals surface area (Å²) >= 11 is 7.29.